The van der Waals surface area contributed by atoms with Gasteiger partial charge in [-0.25, -0.2) is 9.97 Å². The molecule has 0 aliphatic carbocycles. The van der Waals surface area contributed by atoms with Crippen molar-refractivity contribution >= 4 is 61.4 Å². The molecule has 0 bridgehead atoms. The number of amides is 1. The van der Waals surface area contributed by atoms with E-state index >= 15 is 0 Å². The van der Waals surface area contributed by atoms with Crippen LogP contribution in [0.1, 0.15) is 23.7 Å². The number of carbonyl (C=O) groups excluding carboxylic acids is 1. The van der Waals surface area contributed by atoms with Gasteiger partial charge in [0, 0.05) is 25.1 Å². The van der Waals surface area contributed by atoms with E-state index < -0.39 is 0 Å². The van der Waals surface area contributed by atoms with Crippen LogP contribution in [0.2, 0.25) is 0 Å². The highest BCUT2D eigenvalue weighted by Gasteiger charge is 2.20. The molecule has 0 N–H and O–H groups in total. The van der Waals surface area contributed by atoms with E-state index in [1.807, 2.05) is 42.8 Å². The summed E-state index contributed by atoms with van der Waals surface area (Å²) in [4.78, 5) is 35.8. The lowest BCUT2D eigenvalue weighted by Crippen LogP contribution is -2.23. The van der Waals surface area contributed by atoms with E-state index in [9.17, 15) is 9.59 Å². The molecule has 30 heavy (non-hydrogen) atoms. The molecule has 4 aromatic rings. The van der Waals surface area contributed by atoms with E-state index in [2.05, 4.69) is 16.0 Å². The molecule has 1 aromatic carbocycles. The highest BCUT2D eigenvalue weighted by atomic mass is 32.2. The smallest absolute Gasteiger partial charge is 0.271 e. The third kappa shape index (κ3) is 3.92. The Morgan fingerprint density at radius 3 is 2.73 bits per heavy atom. The lowest BCUT2D eigenvalue weighted by Gasteiger charge is -2.20. The van der Waals surface area contributed by atoms with E-state index in [-0.39, 0.29) is 11.5 Å². The SMILES string of the molecule is CC(=O)N(c1nc(CSc2nc3ccsc3c(=O)n2C)cs1)c1ccc(C)cc1C. The van der Waals surface area contributed by atoms with E-state index in [4.69, 9.17) is 0 Å². The number of aryl methyl sites for hydroxylation is 2. The van der Waals surface area contributed by atoms with E-state index in [1.165, 1.54) is 34.4 Å². The second-order valence-electron chi connectivity index (χ2n) is 6.95. The molecule has 4 rings (SSSR count). The predicted molar refractivity (Wildman–Crippen MR) is 125 cm³/mol. The summed E-state index contributed by atoms with van der Waals surface area (Å²) >= 11 is 4.30. The molecule has 0 saturated heterocycles. The molecule has 6 nitrogen and oxygen atoms in total. The summed E-state index contributed by atoms with van der Waals surface area (Å²) < 4.78 is 2.25. The fourth-order valence-corrected chi connectivity index (χ4v) is 5.82. The van der Waals surface area contributed by atoms with Crippen molar-refractivity contribution in [3.8, 4) is 0 Å². The topological polar surface area (TPSA) is 68.1 Å². The van der Waals surface area contributed by atoms with Gasteiger partial charge in [0.2, 0.25) is 5.91 Å². The van der Waals surface area contributed by atoms with Crippen molar-refractivity contribution in [1.29, 1.82) is 0 Å². The molecular weight excluding hydrogens is 436 g/mol. The van der Waals surface area contributed by atoms with Crippen LogP contribution in [0.4, 0.5) is 10.8 Å². The Balaban J connectivity index is 1.58. The van der Waals surface area contributed by atoms with Gasteiger partial charge in [-0.05, 0) is 36.9 Å². The van der Waals surface area contributed by atoms with Crippen molar-refractivity contribution in [3.05, 3.63) is 62.2 Å². The molecule has 1 amide bonds. The van der Waals surface area contributed by atoms with Crippen LogP contribution in [-0.4, -0.2) is 20.4 Å². The normalized spacial score (nSPS) is 11.2. The number of benzene rings is 1. The molecule has 3 heterocycles. The van der Waals surface area contributed by atoms with Crippen LogP contribution >= 0.6 is 34.4 Å². The number of hydrogen-bond donors (Lipinski definition) is 0. The van der Waals surface area contributed by atoms with Gasteiger partial charge in [-0.2, -0.15) is 0 Å². The number of carbonyl (C=O) groups is 1. The minimum absolute atomic E-state index is 0.0333. The van der Waals surface area contributed by atoms with Crippen molar-refractivity contribution in [3.63, 3.8) is 0 Å². The van der Waals surface area contributed by atoms with Crippen molar-refractivity contribution < 1.29 is 4.79 Å². The molecule has 154 valence electrons. The van der Waals surface area contributed by atoms with E-state index in [1.54, 1.807) is 23.4 Å². The number of thioether (sulfide) groups is 1. The van der Waals surface area contributed by atoms with Crippen LogP contribution in [0.25, 0.3) is 10.2 Å². The zero-order valence-corrected chi connectivity index (χ0v) is 19.5. The van der Waals surface area contributed by atoms with Crippen LogP contribution in [0.3, 0.4) is 0 Å². The summed E-state index contributed by atoms with van der Waals surface area (Å²) in [6.45, 7) is 5.57. The number of aromatic nitrogens is 3. The summed E-state index contributed by atoms with van der Waals surface area (Å²) in [7, 11) is 1.74. The van der Waals surface area contributed by atoms with Gasteiger partial charge in [-0.1, -0.05) is 29.5 Å². The maximum absolute atomic E-state index is 12.5. The fourth-order valence-electron chi connectivity index (χ4n) is 3.16. The molecule has 0 aliphatic rings. The lowest BCUT2D eigenvalue weighted by atomic mass is 10.1. The number of fused-ring (bicyclic) bond motifs is 1. The molecular formula is C21H20N4O2S3. The van der Waals surface area contributed by atoms with Crippen LogP contribution in [0, 0.1) is 13.8 Å². The summed E-state index contributed by atoms with van der Waals surface area (Å²) in [6, 6.07) is 7.87. The van der Waals surface area contributed by atoms with Gasteiger partial charge >= 0.3 is 0 Å². The molecule has 0 saturated carbocycles. The lowest BCUT2D eigenvalue weighted by molar-refractivity contribution is -0.115. The Morgan fingerprint density at radius 2 is 2.00 bits per heavy atom. The maximum Gasteiger partial charge on any atom is 0.271 e. The Labute approximate surface area is 186 Å². The predicted octanol–water partition coefficient (Wildman–Crippen LogP) is 5.05. The van der Waals surface area contributed by atoms with Crippen molar-refractivity contribution in [2.45, 2.75) is 31.7 Å². The second kappa shape index (κ2) is 8.33. The number of rotatable bonds is 5. The third-order valence-electron chi connectivity index (χ3n) is 4.63. The average molecular weight is 457 g/mol. The van der Waals surface area contributed by atoms with Gasteiger partial charge < -0.3 is 0 Å². The quantitative estimate of drug-likeness (QED) is 0.311. The fraction of sp³-hybridized carbons (Fsp3) is 0.238. The number of nitrogens with zero attached hydrogens (tertiary/aromatic N) is 4. The molecule has 0 aliphatic heterocycles. The second-order valence-corrected chi connectivity index (χ2v) is 9.64. The van der Waals surface area contributed by atoms with Gasteiger partial charge in [0.15, 0.2) is 10.3 Å². The van der Waals surface area contributed by atoms with E-state index in [0.717, 1.165) is 28.0 Å². The number of hydrogen-bond acceptors (Lipinski definition) is 7. The molecule has 0 radical (unpaired) electrons. The standard InChI is InChI=1S/C21H20N4O2S3/c1-12-5-6-17(13(2)9-12)25(14(3)26)21-22-15(11-30-21)10-29-20-23-16-7-8-28-18(16)19(27)24(20)4/h5-9,11H,10H2,1-4H3. The highest BCUT2D eigenvalue weighted by Crippen LogP contribution is 2.33. The highest BCUT2D eigenvalue weighted by molar-refractivity contribution is 7.98. The van der Waals surface area contributed by atoms with Gasteiger partial charge in [0.05, 0.1) is 16.9 Å². The summed E-state index contributed by atoms with van der Waals surface area (Å²) in [5.74, 6) is 0.480. The summed E-state index contributed by atoms with van der Waals surface area (Å²) in [5, 5.41) is 5.12. The van der Waals surface area contributed by atoms with E-state index in [0.29, 0.717) is 20.7 Å². The van der Waals surface area contributed by atoms with Crippen molar-refractivity contribution in [1.82, 2.24) is 14.5 Å². The molecule has 0 unspecified atom stereocenters. The largest absolute Gasteiger partial charge is 0.290 e. The molecule has 0 fully saturated rings. The summed E-state index contributed by atoms with van der Waals surface area (Å²) in [5.41, 5.74) is 4.55. The molecule has 0 spiro atoms. The molecule has 3 aromatic heterocycles. The Morgan fingerprint density at radius 1 is 1.20 bits per heavy atom. The van der Waals surface area contributed by atoms with Gasteiger partial charge in [-0.15, -0.1) is 22.7 Å². The first kappa shape index (κ1) is 20.8. The third-order valence-corrected chi connectivity index (χ3v) is 7.46. The molecule has 9 heteroatoms. The van der Waals surface area contributed by atoms with Crippen LogP contribution in [0.5, 0.6) is 0 Å². The minimum atomic E-state index is -0.0810. The first-order valence-electron chi connectivity index (χ1n) is 9.24. The van der Waals surface area contributed by atoms with Gasteiger partial charge in [0.1, 0.15) is 4.70 Å². The van der Waals surface area contributed by atoms with Crippen LogP contribution < -0.4 is 10.5 Å². The number of anilines is 2. The monoisotopic (exact) mass is 456 g/mol. The Hall–Kier alpha value is -2.49. The van der Waals surface area contributed by atoms with Crippen LogP contribution in [0.15, 0.2) is 45.0 Å². The van der Waals surface area contributed by atoms with Crippen LogP contribution in [-0.2, 0) is 17.6 Å². The minimum Gasteiger partial charge on any atom is -0.290 e. The molecule has 0 atom stereocenters. The Kier molecular flexibility index (Phi) is 5.77. The van der Waals surface area contributed by atoms with Gasteiger partial charge in [-0.3, -0.25) is 19.1 Å². The zero-order chi connectivity index (χ0) is 21.4. The maximum atomic E-state index is 12.5. The van der Waals surface area contributed by atoms with Crippen molar-refractivity contribution in [2.75, 3.05) is 4.90 Å². The number of thiophene rings is 1. The first-order valence-corrected chi connectivity index (χ1v) is 12.0. The number of thiazole rings is 1. The average Bonchev–Trinajstić information content (AvgIpc) is 3.35. The summed E-state index contributed by atoms with van der Waals surface area (Å²) in [6.07, 6.45) is 0. The zero-order valence-electron chi connectivity index (χ0n) is 17.0. The first-order chi connectivity index (χ1) is 14.3. The van der Waals surface area contributed by atoms with Gasteiger partial charge in [0.25, 0.3) is 5.56 Å². The van der Waals surface area contributed by atoms with Crippen molar-refractivity contribution in [2.24, 2.45) is 7.05 Å². The Bertz CT molecular complexity index is 1310.